The highest BCUT2D eigenvalue weighted by atomic mass is 16.5. The number of hydrogen-bond acceptors (Lipinski definition) is 4. The van der Waals surface area contributed by atoms with Crippen LogP contribution in [0.15, 0.2) is 0 Å². The van der Waals surface area contributed by atoms with E-state index in [1.807, 2.05) is 4.68 Å². The van der Waals surface area contributed by atoms with Crippen molar-refractivity contribution in [1.82, 2.24) is 14.8 Å². The molecular weight excluding hydrogens is 156 g/mol. The minimum absolute atomic E-state index is 0.263. The number of anilines is 1. The standard InChI is InChI=1S/C7H12N4O/c1-12-5-2-3-6-9-7(8)10-11(6)4-5/h5H,2-4H2,1H3,(H2,8,10). The number of fused-ring (bicyclic) bond motifs is 1. The van der Waals surface area contributed by atoms with Crippen molar-refractivity contribution in [3.63, 3.8) is 0 Å². The molecule has 1 unspecified atom stereocenters. The van der Waals surface area contributed by atoms with E-state index in [1.54, 1.807) is 7.11 Å². The second-order valence-electron chi connectivity index (χ2n) is 2.96. The van der Waals surface area contributed by atoms with Gasteiger partial charge in [0.25, 0.3) is 0 Å². The molecular formula is C7H12N4O. The minimum atomic E-state index is 0.263. The lowest BCUT2D eigenvalue weighted by molar-refractivity contribution is 0.0667. The molecule has 0 saturated carbocycles. The van der Waals surface area contributed by atoms with Gasteiger partial charge in [-0.25, -0.2) is 4.68 Å². The predicted molar refractivity (Wildman–Crippen MR) is 43.6 cm³/mol. The van der Waals surface area contributed by atoms with E-state index in [1.165, 1.54) is 0 Å². The van der Waals surface area contributed by atoms with Crippen molar-refractivity contribution in [3.05, 3.63) is 5.82 Å². The Morgan fingerprint density at radius 2 is 2.50 bits per heavy atom. The molecule has 5 heteroatoms. The number of ether oxygens (including phenoxy) is 1. The zero-order valence-electron chi connectivity index (χ0n) is 7.03. The third kappa shape index (κ3) is 1.16. The highest BCUT2D eigenvalue weighted by Crippen LogP contribution is 2.15. The first-order chi connectivity index (χ1) is 5.79. The Hall–Kier alpha value is -1.10. The molecule has 1 aliphatic rings. The van der Waals surface area contributed by atoms with Gasteiger partial charge in [0.2, 0.25) is 5.95 Å². The molecule has 5 nitrogen and oxygen atoms in total. The van der Waals surface area contributed by atoms with Gasteiger partial charge in [-0.3, -0.25) is 0 Å². The van der Waals surface area contributed by atoms with E-state index in [0.29, 0.717) is 5.95 Å². The van der Waals surface area contributed by atoms with E-state index >= 15 is 0 Å². The van der Waals surface area contributed by atoms with E-state index in [9.17, 15) is 0 Å². The SMILES string of the molecule is COC1CCc2nc(N)nn2C1. The number of nitrogens with two attached hydrogens (primary N) is 1. The van der Waals surface area contributed by atoms with Gasteiger partial charge in [-0.1, -0.05) is 0 Å². The fourth-order valence-electron chi connectivity index (χ4n) is 1.49. The van der Waals surface area contributed by atoms with Gasteiger partial charge in [0, 0.05) is 13.5 Å². The molecule has 0 aromatic carbocycles. The van der Waals surface area contributed by atoms with Crippen LogP contribution in [0.25, 0.3) is 0 Å². The van der Waals surface area contributed by atoms with Crippen LogP contribution < -0.4 is 5.73 Å². The average molecular weight is 168 g/mol. The molecule has 12 heavy (non-hydrogen) atoms. The van der Waals surface area contributed by atoms with Crippen LogP contribution in [-0.2, 0) is 17.7 Å². The van der Waals surface area contributed by atoms with Gasteiger partial charge in [0.05, 0.1) is 12.6 Å². The molecule has 1 atom stereocenters. The van der Waals surface area contributed by atoms with Crippen LogP contribution in [0, 0.1) is 0 Å². The topological polar surface area (TPSA) is 66.0 Å². The van der Waals surface area contributed by atoms with Crippen LogP contribution in [0.3, 0.4) is 0 Å². The summed E-state index contributed by atoms with van der Waals surface area (Å²) in [6.45, 7) is 0.774. The number of aromatic nitrogens is 3. The summed E-state index contributed by atoms with van der Waals surface area (Å²) < 4.78 is 7.05. The maximum atomic E-state index is 5.46. The summed E-state index contributed by atoms with van der Waals surface area (Å²) in [5, 5.41) is 4.05. The average Bonchev–Trinajstić information content (AvgIpc) is 2.43. The molecule has 0 radical (unpaired) electrons. The molecule has 2 heterocycles. The largest absolute Gasteiger partial charge is 0.380 e. The fourth-order valence-corrected chi connectivity index (χ4v) is 1.49. The Bertz CT molecular complexity index is 283. The van der Waals surface area contributed by atoms with E-state index in [4.69, 9.17) is 10.5 Å². The highest BCUT2D eigenvalue weighted by Gasteiger charge is 2.20. The maximum Gasteiger partial charge on any atom is 0.239 e. The predicted octanol–water partition coefficient (Wildman–Crippen LogP) is -0.179. The Kier molecular flexibility index (Phi) is 1.73. The number of rotatable bonds is 1. The first kappa shape index (κ1) is 7.54. The number of nitrogen functional groups attached to an aromatic ring is 1. The van der Waals surface area contributed by atoms with Crippen molar-refractivity contribution in [3.8, 4) is 0 Å². The van der Waals surface area contributed by atoms with Crippen molar-refractivity contribution in [1.29, 1.82) is 0 Å². The van der Waals surface area contributed by atoms with Gasteiger partial charge in [-0.05, 0) is 6.42 Å². The van der Waals surface area contributed by atoms with Crippen molar-refractivity contribution >= 4 is 5.95 Å². The summed E-state index contributed by atoms with van der Waals surface area (Å²) >= 11 is 0. The van der Waals surface area contributed by atoms with E-state index in [0.717, 1.165) is 25.2 Å². The number of aryl methyl sites for hydroxylation is 1. The van der Waals surface area contributed by atoms with Crippen molar-refractivity contribution in [2.24, 2.45) is 0 Å². The first-order valence-corrected chi connectivity index (χ1v) is 4.01. The van der Waals surface area contributed by atoms with Gasteiger partial charge >= 0.3 is 0 Å². The highest BCUT2D eigenvalue weighted by molar-refractivity contribution is 5.14. The van der Waals surface area contributed by atoms with Crippen LogP contribution in [0.1, 0.15) is 12.2 Å². The van der Waals surface area contributed by atoms with Crippen molar-refractivity contribution in [2.75, 3.05) is 12.8 Å². The first-order valence-electron chi connectivity index (χ1n) is 4.01. The Morgan fingerprint density at radius 1 is 1.67 bits per heavy atom. The summed E-state index contributed by atoms with van der Waals surface area (Å²) in [7, 11) is 1.72. The normalized spacial score (nSPS) is 22.2. The molecule has 1 aromatic heterocycles. The van der Waals surface area contributed by atoms with E-state index < -0.39 is 0 Å². The van der Waals surface area contributed by atoms with Gasteiger partial charge in [-0.2, -0.15) is 4.98 Å². The Balaban J connectivity index is 2.22. The summed E-state index contributed by atoms with van der Waals surface area (Å²) in [5.41, 5.74) is 5.46. The molecule has 0 bridgehead atoms. The molecule has 0 aliphatic carbocycles. The Morgan fingerprint density at radius 3 is 3.25 bits per heavy atom. The van der Waals surface area contributed by atoms with Crippen molar-refractivity contribution in [2.45, 2.75) is 25.5 Å². The number of nitrogens with zero attached hydrogens (tertiary/aromatic N) is 3. The third-order valence-corrected chi connectivity index (χ3v) is 2.16. The maximum absolute atomic E-state index is 5.46. The molecule has 1 aliphatic heterocycles. The summed E-state index contributed by atoms with van der Waals surface area (Å²) in [6.07, 6.45) is 2.18. The van der Waals surface area contributed by atoms with Crippen LogP contribution in [0.5, 0.6) is 0 Å². The molecule has 0 spiro atoms. The molecule has 0 fully saturated rings. The lowest BCUT2D eigenvalue weighted by atomic mass is 10.1. The van der Waals surface area contributed by atoms with Gasteiger partial charge in [0.1, 0.15) is 5.82 Å². The minimum Gasteiger partial charge on any atom is -0.380 e. The smallest absolute Gasteiger partial charge is 0.239 e. The second kappa shape index (κ2) is 2.75. The third-order valence-electron chi connectivity index (χ3n) is 2.16. The lowest BCUT2D eigenvalue weighted by Crippen LogP contribution is -2.26. The summed E-state index contributed by atoms with van der Waals surface area (Å²) in [5.74, 6) is 1.34. The Labute approximate surface area is 70.5 Å². The van der Waals surface area contributed by atoms with Gasteiger partial charge < -0.3 is 10.5 Å². The van der Waals surface area contributed by atoms with Crippen LogP contribution in [0.4, 0.5) is 5.95 Å². The number of methoxy groups -OCH3 is 1. The van der Waals surface area contributed by atoms with Crippen LogP contribution >= 0.6 is 0 Å². The summed E-state index contributed by atoms with van der Waals surface area (Å²) in [6, 6.07) is 0. The summed E-state index contributed by atoms with van der Waals surface area (Å²) in [4.78, 5) is 4.09. The monoisotopic (exact) mass is 168 g/mol. The second-order valence-corrected chi connectivity index (χ2v) is 2.96. The molecule has 2 rings (SSSR count). The number of hydrogen-bond donors (Lipinski definition) is 1. The van der Waals surface area contributed by atoms with Crippen LogP contribution in [-0.4, -0.2) is 28.0 Å². The lowest BCUT2D eigenvalue weighted by Gasteiger charge is -2.20. The van der Waals surface area contributed by atoms with Crippen LogP contribution in [0.2, 0.25) is 0 Å². The fraction of sp³-hybridized carbons (Fsp3) is 0.714. The molecule has 2 N–H and O–H groups in total. The zero-order chi connectivity index (χ0) is 8.55. The van der Waals surface area contributed by atoms with Gasteiger partial charge in [-0.15, -0.1) is 5.10 Å². The quantitative estimate of drug-likeness (QED) is 0.631. The molecule has 1 aromatic rings. The molecule has 0 amide bonds. The zero-order valence-corrected chi connectivity index (χ0v) is 7.03. The van der Waals surface area contributed by atoms with Crippen molar-refractivity contribution < 1.29 is 4.74 Å². The van der Waals surface area contributed by atoms with Gasteiger partial charge in [0.15, 0.2) is 0 Å². The van der Waals surface area contributed by atoms with E-state index in [2.05, 4.69) is 10.1 Å². The van der Waals surface area contributed by atoms with E-state index in [-0.39, 0.29) is 6.10 Å². The molecule has 66 valence electrons. The molecule has 0 saturated heterocycles.